The van der Waals surface area contributed by atoms with Crippen molar-refractivity contribution in [1.29, 1.82) is 0 Å². The normalized spacial score (nSPS) is 15.4. The minimum absolute atomic E-state index is 0.177. The van der Waals surface area contributed by atoms with Gasteiger partial charge in [-0.1, -0.05) is 0 Å². The molecule has 6 nitrogen and oxygen atoms in total. The Morgan fingerprint density at radius 2 is 2.04 bits per heavy atom. The molecule has 0 aromatic carbocycles. The molecule has 1 atom stereocenters. The zero-order chi connectivity index (χ0) is 18.6. The Morgan fingerprint density at radius 1 is 1.32 bits per heavy atom. The minimum atomic E-state index is -4.71. The molecule has 1 aromatic rings. The molecule has 0 saturated carbocycles. The third kappa shape index (κ3) is 5.73. The summed E-state index contributed by atoms with van der Waals surface area (Å²) >= 11 is 1.62. The first-order chi connectivity index (χ1) is 11.7. The molecule has 0 aliphatic carbocycles. The van der Waals surface area contributed by atoms with Gasteiger partial charge in [0.05, 0.1) is 6.42 Å². The average molecular weight is 378 g/mol. The highest BCUT2D eigenvalue weighted by atomic mass is 32.1. The van der Waals surface area contributed by atoms with Crippen LogP contribution in [-0.4, -0.2) is 46.6 Å². The highest BCUT2D eigenvalue weighted by Gasteiger charge is 2.36. The smallest absolute Gasteiger partial charge is 0.391 e. The van der Waals surface area contributed by atoms with E-state index in [0.717, 1.165) is 12.0 Å². The van der Waals surface area contributed by atoms with Gasteiger partial charge >= 0.3 is 12.1 Å². The van der Waals surface area contributed by atoms with Gasteiger partial charge in [0.25, 0.3) is 0 Å². The van der Waals surface area contributed by atoms with Crippen LogP contribution in [0.15, 0.2) is 11.4 Å². The Hall–Kier alpha value is -2.10. The van der Waals surface area contributed by atoms with E-state index in [2.05, 4.69) is 0 Å². The molecule has 1 aromatic heterocycles. The maximum absolute atomic E-state index is 12.3. The van der Waals surface area contributed by atoms with Crippen molar-refractivity contribution < 1.29 is 32.7 Å². The van der Waals surface area contributed by atoms with Gasteiger partial charge in [-0.05, 0) is 23.4 Å². The maximum atomic E-state index is 12.3. The summed E-state index contributed by atoms with van der Waals surface area (Å²) in [4.78, 5) is 37.4. The summed E-state index contributed by atoms with van der Waals surface area (Å²) in [5, 5.41) is 12.5. The van der Waals surface area contributed by atoms with Crippen LogP contribution < -0.4 is 5.32 Å². The van der Waals surface area contributed by atoms with Crippen LogP contribution in [0.1, 0.15) is 29.7 Å². The molecule has 0 saturated heterocycles. The Balaban J connectivity index is 1.81. The lowest BCUT2D eigenvalue weighted by atomic mass is 10.1. The number of alkyl halides is 3. The molecular formula is C15H17F3N2O4S. The van der Waals surface area contributed by atoms with Crippen molar-refractivity contribution in [2.75, 3.05) is 6.54 Å². The molecule has 138 valence electrons. The molecule has 2 rings (SSSR count). The van der Waals surface area contributed by atoms with E-state index >= 15 is 0 Å². The van der Waals surface area contributed by atoms with Crippen molar-refractivity contribution in [3.63, 3.8) is 0 Å². The molecule has 0 fully saturated rings. The molecule has 0 bridgehead atoms. The summed E-state index contributed by atoms with van der Waals surface area (Å²) in [6.07, 6.45) is -6.16. The lowest BCUT2D eigenvalue weighted by molar-refractivity contribution is -0.160. The average Bonchev–Trinajstić information content (AvgIpc) is 2.98. The maximum Gasteiger partial charge on any atom is 0.391 e. The van der Waals surface area contributed by atoms with Crippen molar-refractivity contribution in [1.82, 2.24) is 10.2 Å². The fourth-order valence-corrected chi connectivity index (χ4v) is 3.43. The van der Waals surface area contributed by atoms with Crippen LogP contribution in [0, 0.1) is 0 Å². The first-order valence-corrected chi connectivity index (χ1v) is 8.45. The fraction of sp³-hybridized carbons (Fsp3) is 0.533. The quantitative estimate of drug-likeness (QED) is 0.792. The van der Waals surface area contributed by atoms with Crippen molar-refractivity contribution in [2.45, 2.75) is 44.4 Å². The second kappa shape index (κ2) is 7.85. The van der Waals surface area contributed by atoms with E-state index in [1.807, 2.05) is 16.8 Å². The zero-order valence-electron chi connectivity index (χ0n) is 13.1. The number of carbonyl (C=O) groups excluding carboxylic acids is 2. The highest BCUT2D eigenvalue weighted by molar-refractivity contribution is 7.10. The van der Waals surface area contributed by atoms with Gasteiger partial charge in [-0.2, -0.15) is 13.2 Å². The van der Waals surface area contributed by atoms with Gasteiger partial charge in [-0.3, -0.25) is 9.59 Å². The van der Waals surface area contributed by atoms with Gasteiger partial charge in [-0.25, -0.2) is 4.79 Å². The van der Waals surface area contributed by atoms with E-state index in [9.17, 15) is 27.6 Å². The molecule has 2 amide bonds. The minimum Gasteiger partial charge on any atom is -0.480 e. The van der Waals surface area contributed by atoms with Gasteiger partial charge in [0.1, 0.15) is 6.04 Å². The summed E-state index contributed by atoms with van der Waals surface area (Å²) in [5.74, 6) is -2.94. The van der Waals surface area contributed by atoms with E-state index in [4.69, 9.17) is 5.11 Å². The van der Waals surface area contributed by atoms with Crippen molar-refractivity contribution in [2.24, 2.45) is 0 Å². The molecule has 0 spiro atoms. The fourth-order valence-electron chi connectivity index (χ4n) is 2.54. The number of amides is 2. The Bertz CT molecular complexity index is 659. The highest BCUT2D eigenvalue weighted by Crippen LogP contribution is 2.24. The SMILES string of the molecule is O=C(CCC(=O)N1CCc2sccc2C1)NC(CC(F)(F)F)C(=O)O. The molecule has 2 heterocycles. The second-order valence-electron chi connectivity index (χ2n) is 5.71. The topological polar surface area (TPSA) is 86.7 Å². The van der Waals surface area contributed by atoms with E-state index in [1.165, 1.54) is 4.88 Å². The van der Waals surface area contributed by atoms with Crippen LogP contribution in [0.5, 0.6) is 0 Å². The largest absolute Gasteiger partial charge is 0.480 e. The van der Waals surface area contributed by atoms with Crippen LogP contribution >= 0.6 is 11.3 Å². The summed E-state index contributed by atoms with van der Waals surface area (Å²) in [6, 6.07) is -0.119. The number of carboxylic acids is 1. The summed E-state index contributed by atoms with van der Waals surface area (Å²) in [6.45, 7) is 0.977. The summed E-state index contributed by atoms with van der Waals surface area (Å²) < 4.78 is 36.9. The zero-order valence-corrected chi connectivity index (χ0v) is 14.0. The van der Waals surface area contributed by atoms with Gasteiger partial charge in [0, 0.05) is 30.8 Å². The molecule has 10 heteroatoms. The van der Waals surface area contributed by atoms with Crippen molar-refractivity contribution in [3.05, 3.63) is 21.9 Å². The van der Waals surface area contributed by atoms with Crippen LogP contribution in [-0.2, 0) is 27.3 Å². The Morgan fingerprint density at radius 3 is 2.68 bits per heavy atom. The number of carbonyl (C=O) groups is 3. The van der Waals surface area contributed by atoms with E-state index in [0.29, 0.717) is 13.1 Å². The number of hydrogen-bond acceptors (Lipinski definition) is 4. The van der Waals surface area contributed by atoms with E-state index in [1.54, 1.807) is 16.2 Å². The first kappa shape index (κ1) is 19.2. The molecular weight excluding hydrogens is 361 g/mol. The van der Waals surface area contributed by atoms with Gasteiger partial charge in [0.15, 0.2) is 0 Å². The molecule has 1 aliphatic heterocycles. The monoisotopic (exact) mass is 378 g/mol. The predicted molar refractivity (Wildman–Crippen MR) is 82.9 cm³/mol. The van der Waals surface area contributed by atoms with Crippen LogP contribution in [0.2, 0.25) is 0 Å². The number of halogens is 3. The Kier molecular flexibility index (Phi) is 6.04. The van der Waals surface area contributed by atoms with Crippen molar-refractivity contribution >= 4 is 29.1 Å². The first-order valence-electron chi connectivity index (χ1n) is 7.57. The molecule has 25 heavy (non-hydrogen) atoms. The van der Waals surface area contributed by atoms with Crippen molar-refractivity contribution in [3.8, 4) is 0 Å². The molecule has 0 radical (unpaired) electrons. The molecule has 1 aliphatic rings. The van der Waals surface area contributed by atoms with Crippen LogP contribution in [0.4, 0.5) is 13.2 Å². The van der Waals surface area contributed by atoms with E-state index in [-0.39, 0.29) is 18.7 Å². The Labute approximate surface area is 145 Å². The van der Waals surface area contributed by atoms with Crippen LogP contribution in [0.25, 0.3) is 0 Å². The van der Waals surface area contributed by atoms with Gasteiger partial charge in [0.2, 0.25) is 11.8 Å². The third-order valence-corrected chi connectivity index (χ3v) is 4.82. The number of hydrogen-bond donors (Lipinski definition) is 2. The third-order valence-electron chi connectivity index (χ3n) is 3.80. The number of carboxylic acid groups (broad SMARTS) is 1. The lowest BCUT2D eigenvalue weighted by Crippen LogP contribution is -2.44. The number of nitrogens with one attached hydrogen (secondary N) is 1. The van der Waals surface area contributed by atoms with E-state index < -0.39 is 30.5 Å². The van der Waals surface area contributed by atoms with Gasteiger partial charge in [-0.15, -0.1) is 11.3 Å². The lowest BCUT2D eigenvalue weighted by Gasteiger charge is -2.27. The summed E-state index contributed by atoms with van der Waals surface area (Å²) in [5.41, 5.74) is 1.06. The van der Waals surface area contributed by atoms with Gasteiger partial charge < -0.3 is 15.3 Å². The number of nitrogens with zero attached hydrogens (tertiary/aromatic N) is 1. The van der Waals surface area contributed by atoms with Crippen LogP contribution in [0.3, 0.4) is 0 Å². The molecule has 2 N–H and O–H groups in total. The number of aliphatic carboxylic acids is 1. The second-order valence-corrected chi connectivity index (χ2v) is 6.71. The standard InChI is InChI=1S/C15H17F3N2O4S/c16-15(17,18)7-10(14(23)24)19-12(21)1-2-13(22)20-5-3-11-9(8-20)4-6-25-11/h4,6,10H,1-3,5,7-8H2,(H,19,21)(H,23,24). The molecule has 1 unspecified atom stereocenters. The number of rotatable bonds is 6. The predicted octanol–water partition coefficient (Wildman–Crippen LogP) is 1.93. The number of thiophene rings is 1. The summed E-state index contributed by atoms with van der Waals surface area (Å²) in [7, 11) is 0. The number of fused-ring (bicyclic) bond motifs is 1.